The summed E-state index contributed by atoms with van der Waals surface area (Å²) in [5.41, 5.74) is 1.23. The summed E-state index contributed by atoms with van der Waals surface area (Å²) in [4.78, 5) is 28.7. The number of fused-ring (bicyclic) bond motifs is 1. The molecule has 32 heavy (non-hydrogen) atoms. The second-order valence-corrected chi connectivity index (χ2v) is 10.2. The van der Waals surface area contributed by atoms with Gasteiger partial charge in [0.05, 0.1) is 4.92 Å². The van der Waals surface area contributed by atoms with Crippen LogP contribution in [0, 0.1) is 22.0 Å². The van der Waals surface area contributed by atoms with Crippen molar-refractivity contribution in [1.29, 1.82) is 0 Å². The van der Waals surface area contributed by atoms with Gasteiger partial charge >= 0.3 is 5.00 Å². The second kappa shape index (κ2) is 9.00. The van der Waals surface area contributed by atoms with E-state index in [0.717, 1.165) is 50.3 Å². The zero-order valence-corrected chi connectivity index (χ0v) is 18.8. The number of hydrogen-bond donors (Lipinski definition) is 0. The highest BCUT2D eigenvalue weighted by Gasteiger charge is 2.36. The number of rotatable bonds is 8. The van der Waals surface area contributed by atoms with E-state index in [0.29, 0.717) is 18.4 Å². The van der Waals surface area contributed by atoms with E-state index >= 15 is 0 Å². The lowest BCUT2D eigenvalue weighted by molar-refractivity contribution is -0.380. The molecule has 3 aromatic rings. The molecule has 1 saturated heterocycles. The van der Waals surface area contributed by atoms with Gasteiger partial charge in [-0.1, -0.05) is 47.7 Å². The highest BCUT2D eigenvalue weighted by molar-refractivity contribution is 7.15. The molecular weight excluding hydrogens is 422 g/mol. The third-order valence-corrected chi connectivity index (χ3v) is 7.49. The van der Waals surface area contributed by atoms with E-state index in [1.54, 1.807) is 6.07 Å². The summed E-state index contributed by atoms with van der Waals surface area (Å²) < 4.78 is 0. The first-order valence-corrected chi connectivity index (χ1v) is 12.1. The van der Waals surface area contributed by atoms with Crippen LogP contribution in [0.2, 0.25) is 0 Å². The lowest BCUT2D eigenvalue weighted by Gasteiger charge is -2.25. The summed E-state index contributed by atoms with van der Waals surface area (Å²) in [6.07, 6.45) is 3.12. The fraction of sp³-hybridized carbons (Fsp3) is 0.400. The van der Waals surface area contributed by atoms with Crippen LogP contribution in [0.25, 0.3) is 10.8 Å². The minimum Gasteiger partial charge on any atom is -0.342 e. The van der Waals surface area contributed by atoms with Gasteiger partial charge < -0.3 is 4.90 Å². The number of carbonyl (C=O) groups is 1. The maximum Gasteiger partial charge on any atom is 0.324 e. The zero-order chi connectivity index (χ0) is 22.1. The monoisotopic (exact) mass is 449 g/mol. The molecule has 0 bridgehead atoms. The fourth-order valence-electron chi connectivity index (χ4n) is 4.69. The van der Waals surface area contributed by atoms with Crippen molar-refractivity contribution in [2.75, 3.05) is 19.6 Å². The van der Waals surface area contributed by atoms with Crippen LogP contribution in [-0.4, -0.2) is 40.3 Å². The Balaban J connectivity index is 1.31. The largest absolute Gasteiger partial charge is 0.342 e. The molecule has 1 aromatic heterocycles. The summed E-state index contributed by atoms with van der Waals surface area (Å²) in [6.45, 7) is 4.03. The van der Waals surface area contributed by atoms with Gasteiger partial charge in [0, 0.05) is 49.6 Å². The van der Waals surface area contributed by atoms with E-state index < -0.39 is 0 Å². The zero-order valence-electron chi connectivity index (χ0n) is 18.0. The molecule has 1 aliphatic carbocycles. The van der Waals surface area contributed by atoms with Crippen LogP contribution in [0.1, 0.15) is 29.7 Å². The van der Waals surface area contributed by atoms with Crippen LogP contribution in [0.15, 0.2) is 54.6 Å². The van der Waals surface area contributed by atoms with Gasteiger partial charge in [-0.05, 0) is 53.6 Å². The van der Waals surface area contributed by atoms with Gasteiger partial charge in [0.1, 0.15) is 0 Å². The molecule has 2 fully saturated rings. The normalized spacial score (nSPS) is 18.5. The topological polar surface area (TPSA) is 66.7 Å². The molecule has 6 nitrogen and oxygen atoms in total. The maximum absolute atomic E-state index is 12.5. The Bertz CT molecular complexity index is 1140. The van der Waals surface area contributed by atoms with Crippen molar-refractivity contribution in [2.45, 2.75) is 32.4 Å². The van der Waals surface area contributed by atoms with Crippen LogP contribution in [0.5, 0.6) is 0 Å². The van der Waals surface area contributed by atoms with Crippen molar-refractivity contribution < 1.29 is 9.72 Å². The van der Waals surface area contributed by atoms with Crippen LogP contribution >= 0.6 is 11.3 Å². The Morgan fingerprint density at radius 1 is 1.06 bits per heavy atom. The van der Waals surface area contributed by atoms with Crippen molar-refractivity contribution in [2.24, 2.45) is 11.8 Å². The quantitative estimate of drug-likeness (QED) is 0.356. The van der Waals surface area contributed by atoms with E-state index in [1.807, 2.05) is 17.0 Å². The van der Waals surface area contributed by atoms with Crippen molar-refractivity contribution in [3.63, 3.8) is 0 Å². The number of nitrogens with zero attached hydrogens (tertiary/aromatic N) is 3. The molecule has 1 amide bonds. The van der Waals surface area contributed by atoms with Crippen LogP contribution < -0.4 is 0 Å². The molecule has 0 N–H and O–H groups in total. The van der Waals surface area contributed by atoms with Crippen LogP contribution in [0.4, 0.5) is 5.00 Å². The highest BCUT2D eigenvalue weighted by Crippen LogP contribution is 2.33. The molecule has 0 radical (unpaired) electrons. The van der Waals surface area contributed by atoms with Crippen molar-refractivity contribution in [3.05, 3.63) is 75.2 Å². The third kappa shape index (κ3) is 4.84. The van der Waals surface area contributed by atoms with E-state index in [2.05, 4.69) is 41.3 Å². The van der Waals surface area contributed by atoms with Gasteiger partial charge in [-0.25, -0.2) is 0 Å². The Kier molecular flexibility index (Phi) is 5.93. The first-order chi connectivity index (χ1) is 15.5. The minimum absolute atomic E-state index is 0.188. The first kappa shape index (κ1) is 21.1. The summed E-state index contributed by atoms with van der Waals surface area (Å²) in [7, 11) is 0. The predicted molar refractivity (Wildman–Crippen MR) is 126 cm³/mol. The van der Waals surface area contributed by atoms with Crippen molar-refractivity contribution in [3.8, 4) is 0 Å². The van der Waals surface area contributed by atoms with E-state index in [9.17, 15) is 14.9 Å². The summed E-state index contributed by atoms with van der Waals surface area (Å²) in [5.74, 6) is 1.05. The molecule has 0 spiro atoms. The molecule has 166 valence electrons. The summed E-state index contributed by atoms with van der Waals surface area (Å²) in [6, 6.07) is 18.4. The Labute approximate surface area is 191 Å². The van der Waals surface area contributed by atoms with E-state index in [-0.39, 0.29) is 15.8 Å². The number of hydrogen-bond acceptors (Lipinski definition) is 5. The predicted octanol–water partition coefficient (Wildman–Crippen LogP) is 5.07. The molecule has 5 rings (SSSR count). The molecular formula is C25H27N3O3S. The second-order valence-electron chi connectivity index (χ2n) is 9.06. The van der Waals surface area contributed by atoms with Gasteiger partial charge in [-0.15, -0.1) is 0 Å². The Hall–Kier alpha value is -2.77. The number of amides is 1. The number of thiophene rings is 1. The number of nitro groups is 1. The Morgan fingerprint density at radius 2 is 1.88 bits per heavy atom. The van der Waals surface area contributed by atoms with Crippen molar-refractivity contribution in [1.82, 2.24) is 9.80 Å². The molecule has 2 heterocycles. The van der Waals surface area contributed by atoms with Gasteiger partial charge in [0.25, 0.3) is 0 Å². The molecule has 1 unspecified atom stereocenters. The van der Waals surface area contributed by atoms with Crippen LogP contribution in [0.3, 0.4) is 0 Å². The maximum atomic E-state index is 12.5. The number of likely N-dealkylation sites (tertiary alicyclic amines) is 1. The van der Waals surface area contributed by atoms with Gasteiger partial charge in [0.15, 0.2) is 0 Å². The summed E-state index contributed by atoms with van der Waals surface area (Å²) in [5, 5.41) is 13.8. The number of benzene rings is 2. The van der Waals surface area contributed by atoms with Gasteiger partial charge in [-0.2, -0.15) is 0 Å². The van der Waals surface area contributed by atoms with Crippen molar-refractivity contribution >= 4 is 33.0 Å². The third-order valence-electron chi connectivity index (χ3n) is 6.47. The molecule has 7 heteroatoms. The highest BCUT2D eigenvalue weighted by atomic mass is 32.1. The molecule has 2 aliphatic rings. The SMILES string of the molecule is O=C(C1CC1)N1CCC(CN(Cc2ccc3ccccc3c2)Cc2ccc([N+](=O)[O-])s2)C1. The lowest BCUT2D eigenvalue weighted by atomic mass is 10.1. The van der Waals surface area contributed by atoms with E-state index in [4.69, 9.17) is 0 Å². The molecule has 1 aliphatic heterocycles. The molecule has 1 atom stereocenters. The lowest BCUT2D eigenvalue weighted by Crippen LogP contribution is -2.33. The minimum atomic E-state index is -0.319. The number of carbonyl (C=O) groups excluding carboxylic acids is 1. The van der Waals surface area contributed by atoms with E-state index in [1.165, 1.54) is 27.7 Å². The average molecular weight is 450 g/mol. The molecule has 1 saturated carbocycles. The molecule has 2 aromatic carbocycles. The fourth-order valence-corrected chi connectivity index (χ4v) is 5.55. The smallest absolute Gasteiger partial charge is 0.324 e. The Morgan fingerprint density at radius 3 is 2.62 bits per heavy atom. The summed E-state index contributed by atoms with van der Waals surface area (Å²) >= 11 is 1.25. The standard InChI is InChI=1S/C25H27N3O3S/c29-25(21-7-8-21)27-12-11-19(16-27)15-26(17-23-9-10-24(32-23)28(30)31)14-18-5-6-20-3-1-2-4-22(20)13-18/h1-6,9-10,13,19,21H,7-8,11-12,14-17H2. The van der Waals surface area contributed by atoms with Gasteiger partial charge in [0.2, 0.25) is 5.91 Å². The average Bonchev–Trinajstić information content (AvgIpc) is 3.35. The van der Waals surface area contributed by atoms with Crippen LogP contribution in [-0.2, 0) is 17.9 Å². The van der Waals surface area contributed by atoms with Gasteiger partial charge in [-0.3, -0.25) is 19.8 Å². The first-order valence-electron chi connectivity index (χ1n) is 11.3.